The summed E-state index contributed by atoms with van der Waals surface area (Å²) in [6.45, 7) is 1.82. The number of aromatic nitrogens is 1. The summed E-state index contributed by atoms with van der Waals surface area (Å²) in [5.74, 6) is 0. The van der Waals surface area contributed by atoms with Gasteiger partial charge in [0.2, 0.25) is 0 Å². The lowest BCUT2D eigenvalue weighted by Crippen LogP contribution is -2.23. The van der Waals surface area contributed by atoms with Crippen molar-refractivity contribution < 1.29 is 0 Å². The minimum atomic E-state index is -0.314. The molecule has 2 aromatic carbocycles. The van der Waals surface area contributed by atoms with Crippen molar-refractivity contribution >= 4 is 18.5 Å². The van der Waals surface area contributed by atoms with Gasteiger partial charge in [0.05, 0.1) is 5.69 Å². The molecular formula is C20H21N2P. The molecule has 0 bridgehead atoms. The van der Waals surface area contributed by atoms with Gasteiger partial charge in [-0.15, -0.1) is 0 Å². The van der Waals surface area contributed by atoms with E-state index < -0.39 is 0 Å². The number of pyridine rings is 1. The minimum Gasteiger partial charge on any atom is -0.311 e. The first-order chi connectivity index (χ1) is 11.4. The van der Waals surface area contributed by atoms with Crippen LogP contribution >= 0.6 is 7.92 Å². The fraction of sp³-hybridized carbons (Fsp3) is 0.150. The third-order valence-corrected chi connectivity index (χ3v) is 6.19. The van der Waals surface area contributed by atoms with Crippen LogP contribution in [-0.2, 0) is 6.54 Å². The van der Waals surface area contributed by atoms with E-state index in [-0.39, 0.29) is 7.92 Å². The maximum Gasteiger partial charge on any atom is 0.0541 e. The number of rotatable bonds is 7. The van der Waals surface area contributed by atoms with Gasteiger partial charge in [0.15, 0.2) is 0 Å². The third kappa shape index (κ3) is 4.72. The van der Waals surface area contributed by atoms with E-state index in [1.807, 2.05) is 18.3 Å². The lowest BCUT2D eigenvalue weighted by atomic mass is 10.3. The van der Waals surface area contributed by atoms with Crippen LogP contribution in [0.25, 0.3) is 0 Å². The van der Waals surface area contributed by atoms with Crippen LogP contribution in [0.3, 0.4) is 0 Å². The van der Waals surface area contributed by atoms with Gasteiger partial charge in [-0.1, -0.05) is 66.7 Å². The Balaban J connectivity index is 1.63. The van der Waals surface area contributed by atoms with Crippen LogP contribution in [0.5, 0.6) is 0 Å². The predicted octanol–water partition coefficient (Wildman–Crippen LogP) is 3.30. The molecule has 116 valence electrons. The summed E-state index contributed by atoms with van der Waals surface area (Å²) in [4.78, 5) is 4.35. The molecule has 0 aliphatic rings. The van der Waals surface area contributed by atoms with Crippen LogP contribution in [0.1, 0.15) is 5.69 Å². The van der Waals surface area contributed by atoms with Gasteiger partial charge in [-0.05, 0) is 36.8 Å². The molecule has 0 radical (unpaired) electrons. The Morgan fingerprint density at radius 2 is 1.35 bits per heavy atom. The van der Waals surface area contributed by atoms with Crippen molar-refractivity contribution in [2.45, 2.75) is 6.54 Å². The summed E-state index contributed by atoms with van der Waals surface area (Å²) in [6, 6.07) is 27.7. The summed E-state index contributed by atoms with van der Waals surface area (Å²) in [5.41, 5.74) is 1.09. The third-order valence-electron chi connectivity index (χ3n) is 3.68. The van der Waals surface area contributed by atoms with Crippen molar-refractivity contribution in [3.63, 3.8) is 0 Å². The quantitative estimate of drug-likeness (QED) is 0.534. The van der Waals surface area contributed by atoms with Gasteiger partial charge in [0, 0.05) is 19.3 Å². The molecule has 1 heterocycles. The molecule has 0 aliphatic heterocycles. The first-order valence-corrected chi connectivity index (χ1v) is 9.44. The zero-order valence-electron chi connectivity index (χ0n) is 13.1. The Kier molecular flexibility index (Phi) is 5.91. The molecule has 0 fully saturated rings. The highest BCUT2D eigenvalue weighted by Crippen LogP contribution is 2.32. The molecule has 23 heavy (non-hydrogen) atoms. The number of hydrogen-bond donors (Lipinski definition) is 1. The molecule has 3 aromatic rings. The normalized spacial score (nSPS) is 10.8. The highest BCUT2D eigenvalue weighted by molar-refractivity contribution is 7.73. The lowest BCUT2D eigenvalue weighted by molar-refractivity contribution is 0.714. The fourth-order valence-corrected chi connectivity index (χ4v) is 4.79. The van der Waals surface area contributed by atoms with Crippen LogP contribution in [0.2, 0.25) is 0 Å². The molecular weight excluding hydrogens is 299 g/mol. The molecule has 0 aliphatic carbocycles. The first-order valence-electron chi connectivity index (χ1n) is 7.92. The van der Waals surface area contributed by atoms with E-state index in [2.05, 4.69) is 77.0 Å². The molecule has 0 atom stereocenters. The van der Waals surface area contributed by atoms with Crippen molar-refractivity contribution in [1.82, 2.24) is 10.3 Å². The van der Waals surface area contributed by atoms with Crippen LogP contribution in [0.15, 0.2) is 85.1 Å². The zero-order chi connectivity index (χ0) is 15.7. The van der Waals surface area contributed by atoms with E-state index in [1.165, 1.54) is 10.6 Å². The maximum absolute atomic E-state index is 4.35. The van der Waals surface area contributed by atoms with Gasteiger partial charge in [0.1, 0.15) is 0 Å². The Morgan fingerprint density at radius 1 is 0.739 bits per heavy atom. The molecule has 2 nitrogen and oxygen atoms in total. The summed E-state index contributed by atoms with van der Waals surface area (Å²) >= 11 is 0. The van der Waals surface area contributed by atoms with Gasteiger partial charge < -0.3 is 5.32 Å². The van der Waals surface area contributed by atoms with Crippen molar-refractivity contribution in [2.75, 3.05) is 12.7 Å². The summed E-state index contributed by atoms with van der Waals surface area (Å²) in [5, 5.41) is 6.40. The molecule has 1 aromatic heterocycles. The van der Waals surface area contributed by atoms with E-state index in [1.54, 1.807) is 0 Å². The number of hydrogen-bond acceptors (Lipinski definition) is 2. The molecule has 1 N–H and O–H groups in total. The Labute approximate surface area is 139 Å². The molecule has 3 heteroatoms. The van der Waals surface area contributed by atoms with E-state index in [4.69, 9.17) is 0 Å². The second kappa shape index (κ2) is 8.57. The van der Waals surface area contributed by atoms with Crippen LogP contribution in [0.4, 0.5) is 0 Å². The monoisotopic (exact) mass is 320 g/mol. The van der Waals surface area contributed by atoms with E-state index in [0.29, 0.717) is 0 Å². The van der Waals surface area contributed by atoms with E-state index in [0.717, 1.165) is 24.9 Å². The average Bonchev–Trinajstić information content (AvgIpc) is 2.64. The minimum absolute atomic E-state index is 0.314. The molecule has 3 rings (SSSR count). The van der Waals surface area contributed by atoms with Gasteiger partial charge in [-0.2, -0.15) is 0 Å². The average molecular weight is 320 g/mol. The SMILES string of the molecule is c1ccc(P(CCNCc2ccccn2)c2ccccc2)cc1. The summed E-state index contributed by atoms with van der Waals surface area (Å²) < 4.78 is 0. The molecule has 0 unspecified atom stereocenters. The number of nitrogens with one attached hydrogen (secondary N) is 1. The highest BCUT2D eigenvalue weighted by Gasteiger charge is 2.12. The second-order valence-corrected chi connectivity index (χ2v) is 7.66. The van der Waals surface area contributed by atoms with Crippen LogP contribution < -0.4 is 15.9 Å². The van der Waals surface area contributed by atoms with Crippen LogP contribution in [-0.4, -0.2) is 17.7 Å². The maximum atomic E-state index is 4.35. The smallest absolute Gasteiger partial charge is 0.0541 e. The summed E-state index contributed by atoms with van der Waals surface area (Å²) in [7, 11) is -0.314. The molecule has 0 saturated carbocycles. The van der Waals surface area contributed by atoms with Gasteiger partial charge in [-0.25, -0.2) is 0 Å². The fourth-order valence-electron chi connectivity index (χ4n) is 2.53. The van der Waals surface area contributed by atoms with Gasteiger partial charge in [-0.3, -0.25) is 4.98 Å². The lowest BCUT2D eigenvalue weighted by Gasteiger charge is -2.19. The topological polar surface area (TPSA) is 24.9 Å². The standard InChI is InChI=1S/C20H21N2P/c1-3-10-19(11-4-1)23(20-12-5-2-6-13-20)16-15-21-17-18-9-7-8-14-22-18/h1-14,21H,15-17H2. The molecule has 0 saturated heterocycles. The van der Waals surface area contributed by atoms with E-state index >= 15 is 0 Å². The summed E-state index contributed by atoms with van der Waals surface area (Å²) in [6.07, 6.45) is 2.98. The first kappa shape index (κ1) is 15.9. The van der Waals surface area contributed by atoms with Gasteiger partial charge in [0.25, 0.3) is 0 Å². The zero-order valence-corrected chi connectivity index (χ0v) is 14.0. The van der Waals surface area contributed by atoms with Crippen LogP contribution in [0, 0.1) is 0 Å². The highest BCUT2D eigenvalue weighted by atomic mass is 31.1. The second-order valence-electron chi connectivity index (χ2n) is 5.32. The van der Waals surface area contributed by atoms with Crippen molar-refractivity contribution in [1.29, 1.82) is 0 Å². The molecule has 0 spiro atoms. The Hall–Kier alpha value is -2.02. The largest absolute Gasteiger partial charge is 0.311 e. The Bertz CT molecular complexity index is 647. The van der Waals surface area contributed by atoms with Crippen molar-refractivity contribution in [2.24, 2.45) is 0 Å². The molecule has 0 amide bonds. The van der Waals surface area contributed by atoms with Gasteiger partial charge >= 0.3 is 0 Å². The van der Waals surface area contributed by atoms with E-state index in [9.17, 15) is 0 Å². The van der Waals surface area contributed by atoms with Crippen molar-refractivity contribution in [3.05, 3.63) is 90.8 Å². The Morgan fingerprint density at radius 3 is 1.91 bits per heavy atom. The van der Waals surface area contributed by atoms with Crippen molar-refractivity contribution in [3.8, 4) is 0 Å². The predicted molar refractivity (Wildman–Crippen MR) is 99.9 cm³/mol. The number of nitrogens with zero attached hydrogens (tertiary/aromatic N) is 1. The number of benzene rings is 2.